The molecule has 3 nitrogen and oxygen atoms in total. The molecule has 1 aliphatic rings. The van der Waals surface area contributed by atoms with E-state index in [0.717, 1.165) is 36.0 Å². The van der Waals surface area contributed by atoms with Crippen molar-refractivity contribution in [2.45, 2.75) is 19.3 Å². The minimum Gasteiger partial charge on any atom is -0.508 e. The fourth-order valence-corrected chi connectivity index (χ4v) is 3.83. The maximum atomic E-state index is 13.2. The number of phenolic OH excluding ortho intramolecular Hbond substituents is 1. The van der Waals surface area contributed by atoms with Crippen molar-refractivity contribution in [2.75, 3.05) is 13.1 Å². The first-order valence-corrected chi connectivity index (χ1v) is 10.1. The Morgan fingerprint density at radius 1 is 0.862 bits per heavy atom. The molecule has 1 aliphatic heterocycles. The monoisotopic (exact) mass is 383 g/mol. The van der Waals surface area contributed by atoms with Crippen LogP contribution in [0.4, 0.5) is 0 Å². The number of phenols is 1. The smallest absolute Gasteiger partial charge is 0.254 e. The Morgan fingerprint density at radius 2 is 1.59 bits per heavy atom. The highest BCUT2D eigenvalue weighted by Gasteiger charge is 2.21. The van der Waals surface area contributed by atoms with E-state index in [2.05, 4.69) is 36.4 Å². The van der Waals surface area contributed by atoms with Gasteiger partial charge in [0, 0.05) is 18.7 Å². The average Bonchev–Trinajstić information content (AvgIpc) is 2.79. The van der Waals surface area contributed by atoms with Crippen LogP contribution in [0.15, 0.2) is 84.9 Å². The SMILES string of the molecule is O=C(c1ccccc1CCc1ccccc1)N1CC=C(c2ccc(O)cc2)CC1. The van der Waals surface area contributed by atoms with Gasteiger partial charge < -0.3 is 10.0 Å². The predicted molar refractivity (Wildman–Crippen MR) is 117 cm³/mol. The normalized spacial score (nSPS) is 13.8. The van der Waals surface area contributed by atoms with Crippen LogP contribution in [0.1, 0.15) is 33.5 Å². The van der Waals surface area contributed by atoms with Crippen molar-refractivity contribution >= 4 is 11.5 Å². The summed E-state index contributed by atoms with van der Waals surface area (Å²) in [6.45, 7) is 1.32. The second-order valence-corrected chi connectivity index (χ2v) is 7.42. The Kier molecular flexibility index (Phi) is 5.76. The molecule has 0 radical (unpaired) electrons. The van der Waals surface area contributed by atoms with Crippen LogP contribution >= 0.6 is 0 Å². The number of aromatic hydroxyl groups is 1. The molecule has 3 aromatic carbocycles. The lowest BCUT2D eigenvalue weighted by molar-refractivity contribution is 0.0771. The quantitative estimate of drug-likeness (QED) is 0.665. The van der Waals surface area contributed by atoms with Crippen molar-refractivity contribution in [1.82, 2.24) is 4.90 Å². The van der Waals surface area contributed by atoms with Crippen LogP contribution in [0.25, 0.3) is 5.57 Å². The molecule has 0 saturated carbocycles. The molecule has 0 spiro atoms. The first kappa shape index (κ1) is 19.0. The summed E-state index contributed by atoms with van der Waals surface area (Å²) in [4.78, 5) is 15.1. The van der Waals surface area contributed by atoms with Gasteiger partial charge in [0.1, 0.15) is 5.75 Å². The van der Waals surface area contributed by atoms with Crippen LogP contribution in [0.3, 0.4) is 0 Å². The number of nitrogens with zero attached hydrogens (tertiary/aromatic N) is 1. The summed E-state index contributed by atoms with van der Waals surface area (Å²) in [6, 6.07) is 25.6. The molecule has 0 fully saturated rings. The van der Waals surface area contributed by atoms with Crippen LogP contribution in [0, 0.1) is 0 Å². The van der Waals surface area contributed by atoms with Crippen LogP contribution in [0.5, 0.6) is 5.75 Å². The molecule has 0 unspecified atom stereocenters. The zero-order chi connectivity index (χ0) is 20.1. The molecular formula is C26H25NO2. The molecular weight excluding hydrogens is 358 g/mol. The molecule has 3 aromatic rings. The second kappa shape index (κ2) is 8.78. The highest BCUT2D eigenvalue weighted by molar-refractivity contribution is 5.96. The predicted octanol–water partition coefficient (Wildman–Crippen LogP) is 5.11. The van der Waals surface area contributed by atoms with Gasteiger partial charge in [-0.2, -0.15) is 0 Å². The first-order valence-electron chi connectivity index (χ1n) is 10.1. The van der Waals surface area contributed by atoms with Gasteiger partial charge in [0.2, 0.25) is 0 Å². The third kappa shape index (κ3) is 4.57. The molecule has 1 N–H and O–H groups in total. The number of amides is 1. The molecule has 146 valence electrons. The van der Waals surface area contributed by atoms with Crippen molar-refractivity contribution in [1.29, 1.82) is 0 Å². The van der Waals surface area contributed by atoms with Crippen molar-refractivity contribution < 1.29 is 9.90 Å². The van der Waals surface area contributed by atoms with Gasteiger partial charge in [0.15, 0.2) is 0 Å². The van der Waals surface area contributed by atoms with E-state index in [-0.39, 0.29) is 11.7 Å². The Labute approximate surface area is 171 Å². The molecule has 0 aromatic heterocycles. The standard InChI is InChI=1S/C26H25NO2/c28-24-14-12-21(13-15-24)22-16-18-27(19-17-22)26(29)25-9-5-4-8-23(25)11-10-20-6-2-1-3-7-20/h1-9,12-16,28H,10-11,17-19H2. The first-order chi connectivity index (χ1) is 14.2. The fourth-order valence-electron chi connectivity index (χ4n) is 3.83. The molecule has 4 rings (SSSR count). The molecule has 0 saturated heterocycles. The zero-order valence-corrected chi connectivity index (χ0v) is 16.4. The van der Waals surface area contributed by atoms with Crippen molar-refractivity contribution in [3.8, 4) is 5.75 Å². The Hall–Kier alpha value is -3.33. The lowest BCUT2D eigenvalue weighted by atomic mass is 9.97. The van der Waals surface area contributed by atoms with Gasteiger partial charge >= 0.3 is 0 Å². The van der Waals surface area contributed by atoms with Crippen molar-refractivity contribution in [2.24, 2.45) is 0 Å². The summed E-state index contributed by atoms with van der Waals surface area (Å²) in [7, 11) is 0. The Bertz CT molecular complexity index is 1010. The van der Waals surface area contributed by atoms with E-state index in [9.17, 15) is 9.90 Å². The largest absolute Gasteiger partial charge is 0.508 e. The fraction of sp³-hybridized carbons (Fsp3) is 0.192. The zero-order valence-electron chi connectivity index (χ0n) is 16.4. The molecule has 0 aliphatic carbocycles. The summed E-state index contributed by atoms with van der Waals surface area (Å²) >= 11 is 0. The van der Waals surface area contributed by atoms with Crippen LogP contribution < -0.4 is 0 Å². The molecule has 0 atom stereocenters. The Balaban J connectivity index is 1.45. The summed E-state index contributed by atoms with van der Waals surface area (Å²) in [6.07, 6.45) is 4.73. The van der Waals surface area contributed by atoms with E-state index in [1.54, 1.807) is 12.1 Å². The molecule has 1 amide bonds. The minimum atomic E-state index is 0.106. The van der Waals surface area contributed by atoms with Crippen molar-refractivity contribution in [3.05, 3.63) is 107 Å². The number of rotatable bonds is 5. The second-order valence-electron chi connectivity index (χ2n) is 7.42. The highest BCUT2D eigenvalue weighted by Crippen LogP contribution is 2.25. The topological polar surface area (TPSA) is 40.5 Å². The molecule has 29 heavy (non-hydrogen) atoms. The highest BCUT2D eigenvalue weighted by atomic mass is 16.3. The van der Waals surface area contributed by atoms with E-state index < -0.39 is 0 Å². The molecule has 0 bridgehead atoms. The van der Waals surface area contributed by atoms with Gasteiger partial charge in [-0.3, -0.25) is 4.79 Å². The Morgan fingerprint density at radius 3 is 2.31 bits per heavy atom. The van der Waals surface area contributed by atoms with Gasteiger partial charge in [0.25, 0.3) is 5.91 Å². The maximum Gasteiger partial charge on any atom is 0.254 e. The number of carbonyl (C=O) groups is 1. The van der Waals surface area contributed by atoms with Crippen molar-refractivity contribution in [3.63, 3.8) is 0 Å². The van der Waals surface area contributed by atoms with E-state index in [1.165, 1.54) is 11.1 Å². The van der Waals surface area contributed by atoms with Gasteiger partial charge in [-0.05, 0) is 59.7 Å². The summed E-state index contributed by atoms with van der Waals surface area (Å²) in [5.41, 5.74) is 5.54. The third-order valence-corrected chi connectivity index (χ3v) is 5.51. The van der Waals surface area contributed by atoms with Gasteiger partial charge in [-0.1, -0.05) is 66.7 Å². The van der Waals surface area contributed by atoms with Gasteiger partial charge in [-0.25, -0.2) is 0 Å². The van der Waals surface area contributed by atoms with Crippen LogP contribution in [-0.4, -0.2) is 29.0 Å². The van der Waals surface area contributed by atoms with Crippen LogP contribution in [-0.2, 0) is 12.8 Å². The van der Waals surface area contributed by atoms with Crippen LogP contribution in [0.2, 0.25) is 0 Å². The number of carbonyl (C=O) groups excluding carboxylic acids is 1. The summed E-state index contributed by atoms with van der Waals surface area (Å²) in [5.74, 6) is 0.378. The van der Waals surface area contributed by atoms with E-state index >= 15 is 0 Å². The number of hydrogen-bond donors (Lipinski definition) is 1. The maximum absolute atomic E-state index is 13.2. The van der Waals surface area contributed by atoms with E-state index in [1.807, 2.05) is 41.3 Å². The van der Waals surface area contributed by atoms with Gasteiger partial charge in [0.05, 0.1) is 0 Å². The summed E-state index contributed by atoms with van der Waals surface area (Å²) in [5, 5.41) is 9.47. The number of aryl methyl sites for hydroxylation is 2. The van der Waals surface area contributed by atoms with Gasteiger partial charge in [-0.15, -0.1) is 0 Å². The lowest BCUT2D eigenvalue weighted by Gasteiger charge is -2.27. The number of hydrogen-bond acceptors (Lipinski definition) is 2. The summed E-state index contributed by atoms with van der Waals surface area (Å²) < 4.78 is 0. The van der Waals surface area contributed by atoms with E-state index in [0.29, 0.717) is 13.1 Å². The number of benzene rings is 3. The average molecular weight is 383 g/mol. The molecule has 3 heteroatoms. The minimum absolute atomic E-state index is 0.106. The lowest BCUT2D eigenvalue weighted by Crippen LogP contribution is -2.35. The third-order valence-electron chi connectivity index (χ3n) is 5.51. The molecule has 1 heterocycles. The van der Waals surface area contributed by atoms with E-state index in [4.69, 9.17) is 0 Å².